The number of hydrogen-bond acceptors (Lipinski definition) is 3. The van der Waals surface area contributed by atoms with Crippen molar-refractivity contribution < 1.29 is 4.79 Å². The molecule has 4 heteroatoms. The minimum absolute atomic E-state index is 0.242. The molecule has 0 fully saturated rings. The number of carbonyl (C=O) groups is 1. The fourth-order valence-electron chi connectivity index (χ4n) is 2.16. The molecular weight excluding hydrogens is 340 g/mol. The van der Waals surface area contributed by atoms with Gasteiger partial charge in [-0.15, -0.1) is 11.3 Å². The Morgan fingerprint density at radius 1 is 1.26 bits per heavy atom. The molecule has 2 heterocycles. The van der Waals surface area contributed by atoms with E-state index in [-0.39, 0.29) is 5.78 Å². The third-order valence-electron chi connectivity index (χ3n) is 3.18. The first-order chi connectivity index (χ1) is 9.22. The van der Waals surface area contributed by atoms with E-state index < -0.39 is 0 Å². The van der Waals surface area contributed by atoms with Crippen LogP contribution in [0.1, 0.15) is 25.7 Å². The summed E-state index contributed by atoms with van der Waals surface area (Å²) in [4.78, 5) is 14.6. The molecule has 0 radical (unpaired) electrons. The average Bonchev–Trinajstić information content (AvgIpc) is 2.85. The van der Waals surface area contributed by atoms with Crippen LogP contribution in [0, 0.1) is 0 Å². The molecule has 1 aliphatic heterocycles. The number of rotatable bonds is 3. The van der Waals surface area contributed by atoms with Gasteiger partial charge in [0.25, 0.3) is 0 Å². The Balaban J connectivity index is 1.76. The van der Waals surface area contributed by atoms with Crippen molar-refractivity contribution in [2.24, 2.45) is 0 Å². The van der Waals surface area contributed by atoms with Gasteiger partial charge in [0, 0.05) is 21.5 Å². The van der Waals surface area contributed by atoms with Gasteiger partial charge in [-0.25, -0.2) is 0 Å². The maximum atomic E-state index is 12.3. The predicted octanol–water partition coefficient (Wildman–Crippen LogP) is 4.73. The van der Waals surface area contributed by atoms with Gasteiger partial charge in [-0.05, 0) is 41.5 Å². The van der Waals surface area contributed by atoms with Crippen LogP contribution in [0.25, 0.3) is 0 Å². The average molecular weight is 353 g/mol. The number of Topliss-reactive ketones (excluding diaryl/α,β-unsaturated/α-hetero) is 1. The van der Waals surface area contributed by atoms with Crippen molar-refractivity contribution in [2.75, 3.05) is 5.75 Å². The molecule has 1 aromatic heterocycles. The molecule has 1 aliphatic rings. The van der Waals surface area contributed by atoms with Gasteiger partial charge in [-0.2, -0.15) is 11.8 Å². The monoisotopic (exact) mass is 352 g/mol. The Labute approximate surface area is 129 Å². The van der Waals surface area contributed by atoms with Crippen LogP contribution in [0.3, 0.4) is 0 Å². The quantitative estimate of drug-likeness (QED) is 0.743. The van der Waals surface area contributed by atoms with Crippen LogP contribution >= 0.6 is 39.0 Å². The summed E-state index contributed by atoms with van der Waals surface area (Å²) in [6, 6.07) is 10.1. The summed E-state index contributed by atoms with van der Waals surface area (Å²) in [5, 5.41) is 0. The maximum absolute atomic E-state index is 12.3. The largest absolute Gasteiger partial charge is 0.293 e. The van der Waals surface area contributed by atoms with Crippen LogP contribution in [0.2, 0.25) is 0 Å². The number of benzene rings is 1. The molecule has 0 aliphatic carbocycles. The highest BCUT2D eigenvalue weighted by Gasteiger charge is 2.17. The summed E-state index contributed by atoms with van der Waals surface area (Å²) < 4.78 is 1.05. The van der Waals surface area contributed by atoms with E-state index in [0.29, 0.717) is 6.42 Å². The van der Waals surface area contributed by atoms with E-state index >= 15 is 0 Å². The number of hydrogen-bond donors (Lipinski definition) is 0. The number of halogens is 1. The van der Waals surface area contributed by atoms with E-state index in [1.807, 2.05) is 36.0 Å². The fourth-order valence-corrected chi connectivity index (χ4v) is 4.73. The van der Waals surface area contributed by atoms with Crippen LogP contribution in [-0.4, -0.2) is 11.5 Å². The Hall–Kier alpha value is -0.580. The predicted molar refractivity (Wildman–Crippen MR) is 86.4 cm³/mol. The van der Waals surface area contributed by atoms with Crippen molar-refractivity contribution in [1.82, 2.24) is 0 Å². The van der Waals surface area contributed by atoms with E-state index in [1.54, 1.807) is 11.3 Å². The van der Waals surface area contributed by atoms with Crippen molar-refractivity contribution in [3.63, 3.8) is 0 Å². The Bertz CT molecular complexity index is 578. The summed E-state index contributed by atoms with van der Waals surface area (Å²) >= 11 is 7.06. The lowest BCUT2D eigenvalue weighted by atomic mass is 10.1. The second-order valence-electron chi connectivity index (χ2n) is 4.59. The highest BCUT2D eigenvalue weighted by molar-refractivity contribution is 9.10. The van der Waals surface area contributed by atoms with Crippen LogP contribution in [0.15, 0.2) is 34.8 Å². The molecule has 19 heavy (non-hydrogen) atoms. The van der Waals surface area contributed by atoms with Crippen molar-refractivity contribution in [3.05, 3.63) is 55.7 Å². The highest BCUT2D eigenvalue weighted by atomic mass is 79.9. The molecule has 0 saturated carbocycles. The van der Waals surface area contributed by atoms with Crippen LogP contribution in [-0.2, 0) is 18.6 Å². The summed E-state index contributed by atoms with van der Waals surface area (Å²) in [5.74, 6) is 2.50. The molecule has 0 N–H and O–H groups in total. The number of aryl methyl sites for hydroxylation is 1. The normalized spacial score (nSPS) is 14.2. The van der Waals surface area contributed by atoms with Crippen molar-refractivity contribution >= 4 is 44.8 Å². The van der Waals surface area contributed by atoms with Gasteiger partial charge in [0.2, 0.25) is 0 Å². The first-order valence-electron chi connectivity index (χ1n) is 6.19. The van der Waals surface area contributed by atoms with E-state index in [4.69, 9.17) is 0 Å². The number of carbonyl (C=O) groups excluding carboxylic acids is 1. The van der Waals surface area contributed by atoms with Gasteiger partial charge in [-0.1, -0.05) is 28.1 Å². The van der Waals surface area contributed by atoms with Gasteiger partial charge in [-0.3, -0.25) is 4.79 Å². The molecular formula is C15H13BrOS2. The molecule has 0 unspecified atom stereocenters. The van der Waals surface area contributed by atoms with Gasteiger partial charge in [0.1, 0.15) is 0 Å². The van der Waals surface area contributed by atoms with E-state index in [2.05, 4.69) is 22.0 Å². The number of thioether (sulfide) groups is 1. The summed E-state index contributed by atoms with van der Waals surface area (Å²) in [6.45, 7) is 0. The summed E-state index contributed by atoms with van der Waals surface area (Å²) in [6.07, 6.45) is 1.62. The third-order valence-corrected chi connectivity index (χ3v) is 6.00. The summed E-state index contributed by atoms with van der Waals surface area (Å²) in [7, 11) is 0. The van der Waals surface area contributed by atoms with Crippen molar-refractivity contribution in [2.45, 2.75) is 18.6 Å². The molecule has 0 bridgehead atoms. The molecule has 1 aromatic carbocycles. The van der Waals surface area contributed by atoms with Crippen LogP contribution in [0.4, 0.5) is 0 Å². The molecule has 0 saturated heterocycles. The second kappa shape index (κ2) is 5.81. The summed E-state index contributed by atoms with van der Waals surface area (Å²) in [5.41, 5.74) is 2.45. The van der Waals surface area contributed by atoms with Gasteiger partial charge in [0.05, 0.1) is 4.88 Å². The lowest BCUT2D eigenvalue weighted by Gasteiger charge is -2.08. The topological polar surface area (TPSA) is 17.1 Å². The van der Waals surface area contributed by atoms with Gasteiger partial charge >= 0.3 is 0 Å². The highest BCUT2D eigenvalue weighted by Crippen LogP contribution is 2.32. The molecule has 98 valence electrons. The molecule has 2 aromatic rings. The fraction of sp³-hybridized carbons (Fsp3) is 0.267. The lowest BCUT2D eigenvalue weighted by Crippen LogP contribution is -2.00. The van der Waals surface area contributed by atoms with Gasteiger partial charge in [0.15, 0.2) is 5.78 Å². The zero-order chi connectivity index (χ0) is 13.2. The molecule has 0 atom stereocenters. The SMILES string of the molecule is O=C(Cc1ccc(Br)cc1)c1cc2c(s1)CCSC2. The Morgan fingerprint density at radius 3 is 2.79 bits per heavy atom. The molecule has 0 spiro atoms. The first kappa shape index (κ1) is 13.4. The van der Waals surface area contributed by atoms with Crippen LogP contribution < -0.4 is 0 Å². The maximum Gasteiger partial charge on any atom is 0.177 e. The number of thiophene rings is 1. The van der Waals surface area contributed by atoms with Crippen LogP contribution in [0.5, 0.6) is 0 Å². The molecule has 3 rings (SSSR count). The van der Waals surface area contributed by atoms with Gasteiger partial charge < -0.3 is 0 Å². The smallest absolute Gasteiger partial charge is 0.177 e. The molecule has 0 amide bonds. The second-order valence-corrected chi connectivity index (χ2v) is 7.75. The van der Waals surface area contributed by atoms with Crippen molar-refractivity contribution in [3.8, 4) is 0 Å². The zero-order valence-electron chi connectivity index (χ0n) is 10.3. The van der Waals surface area contributed by atoms with E-state index in [1.165, 1.54) is 16.2 Å². The number of ketones is 1. The standard InChI is InChI=1S/C15H13BrOS2/c16-12-3-1-10(2-4-12)7-13(17)15-8-11-9-18-6-5-14(11)19-15/h1-4,8H,5-7,9H2. The minimum Gasteiger partial charge on any atom is -0.293 e. The zero-order valence-corrected chi connectivity index (χ0v) is 13.5. The third kappa shape index (κ3) is 3.12. The number of fused-ring (bicyclic) bond motifs is 1. The van der Waals surface area contributed by atoms with E-state index in [9.17, 15) is 4.79 Å². The Kier molecular flexibility index (Phi) is 4.10. The first-order valence-corrected chi connectivity index (χ1v) is 8.96. The van der Waals surface area contributed by atoms with E-state index in [0.717, 1.165) is 27.1 Å². The molecule has 1 nitrogen and oxygen atoms in total. The Morgan fingerprint density at radius 2 is 2.05 bits per heavy atom. The van der Waals surface area contributed by atoms with Crippen molar-refractivity contribution in [1.29, 1.82) is 0 Å². The lowest BCUT2D eigenvalue weighted by molar-refractivity contribution is 0.0997. The minimum atomic E-state index is 0.242.